The molecule has 0 saturated carbocycles. The van der Waals surface area contributed by atoms with Crippen molar-refractivity contribution in [1.29, 1.82) is 0 Å². The van der Waals surface area contributed by atoms with Gasteiger partial charge in [-0.05, 0) is 47.1 Å². The number of nitrogens with zero attached hydrogens (tertiary/aromatic N) is 2. The molecule has 3 aromatic rings. The Morgan fingerprint density at radius 1 is 1.19 bits per heavy atom. The number of nitrogen functional groups attached to an aromatic ring is 1. The summed E-state index contributed by atoms with van der Waals surface area (Å²) in [6.45, 7) is 3.22. The first-order valence-corrected chi connectivity index (χ1v) is 6.68. The molecule has 6 nitrogen and oxygen atoms in total. The first-order valence-electron chi connectivity index (χ1n) is 6.68. The highest BCUT2D eigenvalue weighted by atomic mass is 16.6. The number of aryl methyl sites for hydroxylation is 1. The predicted octanol–water partition coefficient (Wildman–Crippen LogP) is 2.60. The molecule has 0 atom stereocenters. The van der Waals surface area contributed by atoms with Crippen LogP contribution >= 0.6 is 0 Å². The molecule has 0 aliphatic rings. The molecular weight excluding hydrogens is 268 g/mol. The number of ether oxygens (including phenoxy) is 1. The monoisotopic (exact) mass is 284 g/mol. The van der Waals surface area contributed by atoms with Gasteiger partial charge < -0.3 is 15.8 Å². The van der Waals surface area contributed by atoms with Gasteiger partial charge in [0.05, 0.1) is 11.4 Å². The van der Waals surface area contributed by atoms with Crippen molar-refractivity contribution in [2.24, 2.45) is 0 Å². The minimum absolute atomic E-state index is 0.542. The van der Waals surface area contributed by atoms with E-state index in [4.69, 9.17) is 15.1 Å². The van der Waals surface area contributed by atoms with Crippen molar-refractivity contribution in [2.45, 2.75) is 6.92 Å². The van der Waals surface area contributed by atoms with Gasteiger partial charge in [-0.25, -0.2) is 4.63 Å². The number of nitrogens with one attached hydrogen (secondary N) is 1. The van der Waals surface area contributed by atoms with Crippen LogP contribution in [0.5, 0.6) is 5.75 Å². The number of hydrogen-bond donors (Lipinski definition) is 2. The molecular formula is C15H16N4O2. The highest BCUT2D eigenvalue weighted by molar-refractivity contribution is 5.94. The van der Waals surface area contributed by atoms with Gasteiger partial charge in [0.1, 0.15) is 12.4 Å². The van der Waals surface area contributed by atoms with Crippen LogP contribution < -0.4 is 15.8 Å². The summed E-state index contributed by atoms with van der Waals surface area (Å²) in [4.78, 5) is 0. The Morgan fingerprint density at radius 2 is 2.05 bits per heavy atom. The smallest absolute Gasteiger partial charge is 0.160 e. The molecule has 6 heteroatoms. The molecule has 0 bridgehead atoms. The van der Waals surface area contributed by atoms with Crippen LogP contribution in [0.4, 0.5) is 11.4 Å². The Kier molecular flexibility index (Phi) is 3.59. The van der Waals surface area contributed by atoms with E-state index in [9.17, 15) is 0 Å². The van der Waals surface area contributed by atoms with E-state index in [1.165, 1.54) is 5.56 Å². The summed E-state index contributed by atoms with van der Waals surface area (Å²) in [5.74, 6) is 0.863. The minimum atomic E-state index is 0.542. The predicted molar refractivity (Wildman–Crippen MR) is 81.4 cm³/mol. The highest BCUT2D eigenvalue weighted by Gasteiger charge is 2.09. The fraction of sp³-hybridized carbons (Fsp3) is 0.200. The fourth-order valence-corrected chi connectivity index (χ4v) is 2.09. The molecule has 21 heavy (non-hydrogen) atoms. The molecule has 1 heterocycles. The highest BCUT2D eigenvalue weighted by Crippen LogP contribution is 2.24. The van der Waals surface area contributed by atoms with E-state index >= 15 is 0 Å². The zero-order chi connectivity index (χ0) is 14.7. The SMILES string of the molecule is Cc1cccc(OCCNc2ccc(N)c3nonc23)c1. The van der Waals surface area contributed by atoms with Gasteiger partial charge in [0.15, 0.2) is 11.0 Å². The molecule has 2 aromatic carbocycles. The summed E-state index contributed by atoms with van der Waals surface area (Å²) in [6.07, 6.45) is 0. The van der Waals surface area contributed by atoms with E-state index in [1.807, 2.05) is 37.3 Å². The van der Waals surface area contributed by atoms with Gasteiger partial charge in [-0.1, -0.05) is 12.1 Å². The van der Waals surface area contributed by atoms with Crippen LogP contribution in [0.2, 0.25) is 0 Å². The van der Waals surface area contributed by atoms with Crippen molar-refractivity contribution in [3.05, 3.63) is 42.0 Å². The molecule has 3 N–H and O–H groups in total. The van der Waals surface area contributed by atoms with Crippen LogP contribution in [0.3, 0.4) is 0 Å². The minimum Gasteiger partial charge on any atom is -0.492 e. The maximum Gasteiger partial charge on any atom is 0.160 e. The van der Waals surface area contributed by atoms with E-state index in [1.54, 1.807) is 6.07 Å². The molecule has 3 rings (SSSR count). The lowest BCUT2D eigenvalue weighted by atomic mass is 10.2. The largest absolute Gasteiger partial charge is 0.492 e. The Hall–Kier alpha value is -2.76. The second-order valence-corrected chi connectivity index (χ2v) is 4.76. The Morgan fingerprint density at radius 3 is 2.90 bits per heavy atom. The zero-order valence-corrected chi connectivity index (χ0v) is 11.7. The van der Waals surface area contributed by atoms with Crippen molar-refractivity contribution in [3.63, 3.8) is 0 Å². The van der Waals surface area contributed by atoms with Crippen LogP contribution in [-0.4, -0.2) is 23.5 Å². The maximum atomic E-state index is 5.80. The third-order valence-corrected chi connectivity index (χ3v) is 3.12. The Bertz CT molecular complexity index is 754. The normalized spacial score (nSPS) is 10.7. The number of hydrogen-bond acceptors (Lipinski definition) is 6. The number of rotatable bonds is 5. The van der Waals surface area contributed by atoms with E-state index < -0.39 is 0 Å². The van der Waals surface area contributed by atoms with Gasteiger partial charge in [-0.2, -0.15) is 0 Å². The molecule has 0 fully saturated rings. The van der Waals surface area contributed by atoms with Crippen LogP contribution in [0, 0.1) is 6.92 Å². The van der Waals surface area contributed by atoms with Gasteiger partial charge in [0, 0.05) is 6.54 Å². The molecule has 0 saturated heterocycles. The number of fused-ring (bicyclic) bond motifs is 1. The topological polar surface area (TPSA) is 86.2 Å². The van der Waals surface area contributed by atoms with Crippen molar-refractivity contribution >= 4 is 22.4 Å². The van der Waals surface area contributed by atoms with Crippen molar-refractivity contribution in [1.82, 2.24) is 10.3 Å². The van der Waals surface area contributed by atoms with Gasteiger partial charge in [-0.3, -0.25) is 0 Å². The van der Waals surface area contributed by atoms with E-state index in [-0.39, 0.29) is 0 Å². The molecule has 0 spiro atoms. The number of benzene rings is 2. The van der Waals surface area contributed by atoms with Crippen LogP contribution in [0.1, 0.15) is 5.56 Å². The van der Waals surface area contributed by atoms with Crippen molar-refractivity contribution < 1.29 is 9.37 Å². The third-order valence-electron chi connectivity index (χ3n) is 3.12. The lowest BCUT2D eigenvalue weighted by Gasteiger charge is -2.09. The second kappa shape index (κ2) is 5.70. The molecule has 0 amide bonds. The van der Waals surface area contributed by atoms with Gasteiger partial charge in [0.25, 0.3) is 0 Å². The van der Waals surface area contributed by atoms with Gasteiger partial charge in [-0.15, -0.1) is 0 Å². The summed E-state index contributed by atoms with van der Waals surface area (Å²) < 4.78 is 10.4. The summed E-state index contributed by atoms with van der Waals surface area (Å²) in [5.41, 5.74) is 9.55. The first-order chi connectivity index (χ1) is 10.2. The molecule has 0 unspecified atom stereocenters. The van der Waals surface area contributed by atoms with E-state index in [0.29, 0.717) is 29.9 Å². The Labute approximate surface area is 121 Å². The number of nitrogens with two attached hydrogens (primary N) is 1. The summed E-state index contributed by atoms with van der Waals surface area (Å²) >= 11 is 0. The van der Waals surface area contributed by atoms with Crippen molar-refractivity contribution in [3.8, 4) is 5.75 Å². The van der Waals surface area contributed by atoms with Gasteiger partial charge in [0.2, 0.25) is 0 Å². The maximum absolute atomic E-state index is 5.80. The molecule has 0 radical (unpaired) electrons. The third kappa shape index (κ3) is 2.89. The Balaban J connectivity index is 1.60. The van der Waals surface area contributed by atoms with Crippen molar-refractivity contribution in [2.75, 3.05) is 24.2 Å². The number of anilines is 2. The summed E-state index contributed by atoms with van der Waals surface area (Å²) in [7, 11) is 0. The molecule has 0 aliphatic heterocycles. The lowest BCUT2D eigenvalue weighted by Crippen LogP contribution is -2.11. The molecule has 0 aliphatic carbocycles. The first kappa shape index (κ1) is 13.2. The van der Waals surface area contributed by atoms with E-state index in [2.05, 4.69) is 15.6 Å². The average molecular weight is 284 g/mol. The average Bonchev–Trinajstić information content (AvgIpc) is 2.96. The molecule has 108 valence electrons. The summed E-state index contributed by atoms with van der Waals surface area (Å²) in [6, 6.07) is 11.6. The van der Waals surface area contributed by atoms with E-state index in [0.717, 1.165) is 11.4 Å². The van der Waals surface area contributed by atoms with Crippen LogP contribution in [0.25, 0.3) is 11.0 Å². The number of aromatic nitrogens is 2. The van der Waals surface area contributed by atoms with Crippen LogP contribution in [0.15, 0.2) is 41.0 Å². The molecule has 1 aromatic heterocycles. The van der Waals surface area contributed by atoms with Crippen LogP contribution in [-0.2, 0) is 0 Å². The second-order valence-electron chi connectivity index (χ2n) is 4.76. The summed E-state index contributed by atoms with van der Waals surface area (Å²) in [5, 5.41) is 10.9. The quantitative estimate of drug-likeness (QED) is 0.553. The standard InChI is InChI=1S/C15H16N4O2/c1-10-3-2-4-11(9-10)20-8-7-17-13-6-5-12(16)14-15(13)19-21-18-14/h2-6,9,17H,7-8,16H2,1H3. The van der Waals surface area contributed by atoms with Gasteiger partial charge >= 0.3 is 0 Å². The zero-order valence-electron chi connectivity index (χ0n) is 11.7. The lowest BCUT2D eigenvalue weighted by molar-refractivity contribution is 0.315. The fourth-order valence-electron chi connectivity index (χ4n) is 2.09.